The molecule has 8 heteroatoms. The summed E-state index contributed by atoms with van der Waals surface area (Å²) in [6.07, 6.45) is 0.626. The van der Waals surface area contributed by atoms with Gasteiger partial charge in [0, 0.05) is 17.6 Å². The third-order valence-electron chi connectivity index (χ3n) is 2.96. The van der Waals surface area contributed by atoms with Crippen LogP contribution < -0.4 is 4.72 Å². The van der Waals surface area contributed by atoms with Gasteiger partial charge in [-0.05, 0) is 51.5 Å². The zero-order valence-corrected chi connectivity index (χ0v) is 15.2. The average molecular weight is 356 g/mol. The number of carbonyl (C=O) groups excluding carboxylic acids is 1. The minimum Gasteiger partial charge on any atom is -0.480 e. The van der Waals surface area contributed by atoms with E-state index in [0.717, 1.165) is 0 Å². The Morgan fingerprint density at radius 1 is 1.17 bits per heavy atom. The van der Waals surface area contributed by atoms with E-state index < -0.39 is 34.0 Å². The van der Waals surface area contributed by atoms with Gasteiger partial charge in [0.2, 0.25) is 10.0 Å². The molecule has 7 nitrogen and oxygen atoms in total. The highest BCUT2D eigenvalue weighted by atomic mass is 32.2. The van der Waals surface area contributed by atoms with E-state index in [-0.39, 0.29) is 10.5 Å². The van der Waals surface area contributed by atoms with Crippen molar-refractivity contribution in [2.24, 2.45) is 0 Å². The standard InChI is InChI=1S/C16H24N2O5S/c1-5-10-18(11-14(19)20)15(21)12-6-8-13(9-7-12)24(22,23)17-16(2,3)4/h6-9,17H,5,10-11H2,1-4H3,(H,19,20). The molecular formula is C16H24N2O5S. The summed E-state index contributed by atoms with van der Waals surface area (Å²) < 4.78 is 27.0. The van der Waals surface area contributed by atoms with Gasteiger partial charge in [-0.1, -0.05) is 6.92 Å². The van der Waals surface area contributed by atoms with Crippen molar-refractivity contribution in [3.8, 4) is 0 Å². The van der Waals surface area contributed by atoms with E-state index in [2.05, 4.69) is 4.72 Å². The molecule has 0 spiro atoms. The van der Waals surface area contributed by atoms with Gasteiger partial charge in [0.15, 0.2) is 0 Å². The molecular weight excluding hydrogens is 332 g/mol. The summed E-state index contributed by atoms with van der Waals surface area (Å²) in [6.45, 7) is 6.97. The van der Waals surface area contributed by atoms with E-state index in [0.29, 0.717) is 13.0 Å². The number of amides is 1. The first-order chi connectivity index (χ1) is 11.0. The van der Waals surface area contributed by atoms with Gasteiger partial charge in [-0.15, -0.1) is 0 Å². The first kappa shape index (κ1) is 20.1. The molecule has 0 aliphatic rings. The number of nitrogens with one attached hydrogen (secondary N) is 1. The molecule has 0 unspecified atom stereocenters. The van der Waals surface area contributed by atoms with Crippen molar-refractivity contribution in [1.82, 2.24) is 9.62 Å². The van der Waals surface area contributed by atoms with Gasteiger partial charge >= 0.3 is 5.97 Å². The Balaban J connectivity index is 3.01. The van der Waals surface area contributed by atoms with Gasteiger partial charge in [0.05, 0.1) is 4.90 Å². The second kappa shape index (κ2) is 7.76. The van der Waals surface area contributed by atoms with Gasteiger partial charge in [0.25, 0.3) is 5.91 Å². The zero-order chi connectivity index (χ0) is 18.5. The van der Waals surface area contributed by atoms with Crippen molar-refractivity contribution in [3.63, 3.8) is 0 Å². The maximum absolute atomic E-state index is 12.4. The second-order valence-electron chi connectivity index (χ2n) is 6.50. The van der Waals surface area contributed by atoms with Crippen LogP contribution in [0.25, 0.3) is 0 Å². The number of carboxylic acid groups (broad SMARTS) is 1. The molecule has 24 heavy (non-hydrogen) atoms. The van der Waals surface area contributed by atoms with Crippen LogP contribution in [0.2, 0.25) is 0 Å². The highest BCUT2D eigenvalue weighted by Crippen LogP contribution is 2.15. The fourth-order valence-electron chi connectivity index (χ4n) is 2.11. The van der Waals surface area contributed by atoms with Crippen LogP contribution in [-0.4, -0.2) is 48.9 Å². The van der Waals surface area contributed by atoms with Crippen LogP contribution in [0, 0.1) is 0 Å². The molecule has 134 valence electrons. The molecule has 1 rings (SSSR count). The fourth-order valence-corrected chi connectivity index (χ4v) is 3.53. The number of rotatable bonds is 7. The topological polar surface area (TPSA) is 104 Å². The van der Waals surface area contributed by atoms with Crippen LogP contribution in [0.5, 0.6) is 0 Å². The van der Waals surface area contributed by atoms with Crippen LogP contribution in [0.1, 0.15) is 44.5 Å². The lowest BCUT2D eigenvalue weighted by molar-refractivity contribution is -0.137. The summed E-state index contributed by atoms with van der Waals surface area (Å²) in [4.78, 5) is 24.5. The molecule has 1 aromatic carbocycles. The molecule has 1 amide bonds. The number of carbonyl (C=O) groups is 2. The van der Waals surface area contributed by atoms with Gasteiger partial charge in [0.1, 0.15) is 6.54 Å². The summed E-state index contributed by atoms with van der Waals surface area (Å²) >= 11 is 0. The number of sulfonamides is 1. The molecule has 1 aromatic rings. The van der Waals surface area contributed by atoms with Crippen molar-refractivity contribution in [2.75, 3.05) is 13.1 Å². The second-order valence-corrected chi connectivity index (χ2v) is 8.18. The van der Waals surface area contributed by atoms with E-state index in [9.17, 15) is 18.0 Å². The van der Waals surface area contributed by atoms with Gasteiger partial charge in [-0.25, -0.2) is 13.1 Å². The molecule has 0 radical (unpaired) electrons. The Kier molecular flexibility index (Phi) is 6.50. The normalized spacial score (nSPS) is 12.0. The SMILES string of the molecule is CCCN(CC(=O)O)C(=O)c1ccc(S(=O)(=O)NC(C)(C)C)cc1. The Morgan fingerprint density at radius 2 is 1.71 bits per heavy atom. The first-order valence-corrected chi connectivity index (χ1v) is 9.09. The molecule has 0 fully saturated rings. The zero-order valence-electron chi connectivity index (χ0n) is 14.4. The number of hydrogen-bond acceptors (Lipinski definition) is 4. The highest BCUT2D eigenvalue weighted by Gasteiger charge is 2.23. The van der Waals surface area contributed by atoms with E-state index in [4.69, 9.17) is 5.11 Å². The molecule has 0 heterocycles. The number of carboxylic acids is 1. The fraction of sp³-hybridized carbons (Fsp3) is 0.500. The Bertz CT molecular complexity index is 690. The van der Waals surface area contributed by atoms with Crippen molar-refractivity contribution in [1.29, 1.82) is 0 Å². The van der Waals surface area contributed by atoms with Crippen molar-refractivity contribution in [3.05, 3.63) is 29.8 Å². The molecule has 0 atom stereocenters. The number of aliphatic carboxylic acids is 1. The largest absolute Gasteiger partial charge is 0.480 e. The number of hydrogen-bond donors (Lipinski definition) is 2. The number of benzene rings is 1. The van der Waals surface area contributed by atoms with Crippen molar-refractivity contribution < 1.29 is 23.1 Å². The van der Waals surface area contributed by atoms with E-state index in [1.54, 1.807) is 20.8 Å². The first-order valence-electron chi connectivity index (χ1n) is 7.61. The number of nitrogens with zero attached hydrogens (tertiary/aromatic N) is 1. The lowest BCUT2D eigenvalue weighted by atomic mass is 10.1. The van der Waals surface area contributed by atoms with Crippen molar-refractivity contribution >= 4 is 21.9 Å². The summed E-state index contributed by atoms with van der Waals surface area (Å²) in [5.74, 6) is -1.53. The Hall–Kier alpha value is -1.93. The Labute approximate surface area is 142 Å². The monoisotopic (exact) mass is 356 g/mol. The average Bonchev–Trinajstić information content (AvgIpc) is 2.43. The maximum Gasteiger partial charge on any atom is 0.323 e. The van der Waals surface area contributed by atoms with Crippen LogP contribution in [0.15, 0.2) is 29.2 Å². The van der Waals surface area contributed by atoms with Crippen LogP contribution in [0.3, 0.4) is 0 Å². The molecule has 0 aliphatic heterocycles. The minimum atomic E-state index is -3.68. The molecule has 2 N–H and O–H groups in total. The van der Waals surface area contributed by atoms with Crippen molar-refractivity contribution in [2.45, 2.75) is 44.6 Å². The third-order valence-corrected chi connectivity index (χ3v) is 4.73. The predicted molar refractivity (Wildman–Crippen MR) is 90.3 cm³/mol. The van der Waals surface area contributed by atoms with Crippen LogP contribution in [0.4, 0.5) is 0 Å². The third kappa shape index (κ3) is 5.93. The summed E-state index contributed by atoms with van der Waals surface area (Å²) in [5.41, 5.74) is -0.369. The smallest absolute Gasteiger partial charge is 0.323 e. The summed E-state index contributed by atoms with van der Waals surface area (Å²) in [6, 6.07) is 5.46. The molecule has 0 aliphatic carbocycles. The van der Waals surface area contributed by atoms with Gasteiger partial charge in [-0.3, -0.25) is 9.59 Å². The predicted octanol–water partition coefficient (Wildman–Crippen LogP) is 1.70. The van der Waals surface area contributed by atoms with E-state index in [1.807, 2.05) is 6.92 Å². The molecule has 0 saturated carbocycles. The summed E-state index contributed by atoms with van der Waals surface area (Å²) in [7, 11) is -3.68. The molecule has 0 aromatic heterocycles. The lowest BCUT2D eigenvalue weighted by Gasteiger charge is -2.21. The Morgan fingerprint density at radius 3 is 2.12 bits per heavy atom. The van der Waals surface area contributed by atoms with E-state index >= 15 is 0 Å². The lowest BCUT2D eigenvalue weighted by Crippen LogP contribution is -2.40. The van der Waals surface area contributed by atoms with Crippen LogP contribution in [-0.2, 0) is 14.8 Å². The van der Waals surface area contributed by atoms with E-state index in [1.165, 1.54) is 29.2 Å². The minimum absolute atomic E-state index is 0.0502. The molecule has 0 bridgehead atoms. The summed E-state index contributed by atoms with van der Waals surface area (Å²) in [5, 5.41) is 8.88. The quantitative estimate of drug-likeness (QED) is 0.774. The van der Waals surface area contributed by atoms with Gasteiger partial charge in [-0.2, -0.15) is 0 Å². The highest BCUT2D eigenvalue weighted by molar-refractivity contribution is 7.89. The molecule has 0 saturated heterocycles. The van der Waals surface area contributed by atoms with Gasteiger partial charge < -0.3 is 10.0 Å². The maximum atomic E-state index is 12.4. The van der Waals surface area contributed by atoms with Crippen LogP contribution >= 0.6 is 0 Å².